The molecule has 2 N–H and O–H groups in total. The Balaban J connectivity index is 1.72. The molecule has 3 aromatic rings. The fourth-order valence-electron chi connectivity index (χ4n) is 1.68. The third kappa shape index (κ3) is 3.34. The van der Waals surface area contributed by atoms with E-state index in [4.69, 9.17) is 21.9 Å². The monoisotopic (exact) mass is 318 g/mol. The van der Waals surface area contributed by atoms with Crippen molar-refractivity contribution in [3.05, 3.63) is 53.5 Å². The summed E-state index contributed by atoms with van der Waals surface area (Å²) in [5.74, 6) is 1.51. The van der Waals surface area contributed by atoms with Crippen molar-refractivity contribution in [2.75, 3.05) is 5.73 Å². The molecule has 106 valence electrons. The minimum Gasteiger partial charge on any atom is -0.399 e. The molecule has 0 spiro atoms. The first-order chi connectivity index (χ1) is 10.2. The minimum atomic E-state index is 0.477. The van der Waals surface area contributed by atoms with Gasteiger partial charge in [0, 0.05) is 16.8 Å². The van der Waals surface area contributed by atoms with E-state index in [-0.39, 0.29) is 0 Å². The van der Waals surface area contributed by atoms with Gasteiger partial charge in [-0.15, -0.1) is 11.8 Å². The minimum absolute atomic E-state index is 0.477. The molecule has 0 radical (unpaired) electrons. The van der Waals surface area contributed by atoms with Crippen molar-refractivity contribution in [1.82, 2.24) is 15.1 Å². The van der Waals surface area contributed by atoms with Gasteiger partial charge in [-0.25, -0.2) is 0 Å². The quantitative estimate of drug-likeness (QED) is 0.584. The van der Waals surface area contributed by atoms with Gasteiger partial charge in [0.25, 0.3) is 0 Å². The number of pyridine rings is 1. The molecule has 0 saturated carbocycles. The second kappa shape index (κ2) is 6.15. The third-order valence-corrected chi connectivity index (χ3v) is 4.15. The first-order valence-electron chi connectivity index (χ1n) is 6.14. The van der Waals surface area contributed by atoms with Crippen LogP contribution in [0.1, 0.15) is 5.89 Å². The predicted molar refractivity (Wildman–Crippen MR) is 83.0 cm³/mol. The molecule has 21 heavy (non-hydrogen) atoms. The van der Waals surface area contributed by atoms with Crippen molar-refractivity contribution in [2.24, 2.45) is 0 Å². The van der Waals surface area contributed by atoms with Gasteiger partial charge in [-0.1, -0.05) is 22.8 Å². The van der Waals surface area contributed by atoms with Crippen LogP contribution in [-0.4, -0.2) is 15.1 Å². The highest BCUT2D eigenvalue weighted by molar-refractivity contribution is 7.98. The maximum Gasteiger partial charge on any atom is 0.237 e. The van der Waals surface area contributed by atoms with E-state index in [1.807, 2.05) is 24.3 Å². The Morgan fingerprint density at radius 3 is 2.95 bits per heavy atom. The van der Waals surface area contributed by atoms with Gasteiger partial charge in [-0.3, -0.25) is 4.98 Å². The Bertz CT molecular complexity index is 748. The number of nitrogen functional groups attached to an aromatic ring is 1. The van der Waals surface area contributed by atoms with Crippen molar-refractivity contribution in [2.45, 2.75) is 10.6 Å². The standard InChI is InChI=1S/C14H11ClN4OS/c15-10-5-4-9(16)7-12(10)21-8-13-18-14(19-20-13)11-3-1-2-6-17-11/h1-7H,8,16H2. The lowest BCUT2D eigenvalue weighted by Gasteiger charge is -2.02. The van der Waals surface area contributed by atoms with Crippen LogP contribution in [0.5, 0.6) is 0 Å². The summed E-state index contributed by atoms with van der Waals surface area (Å²) in [5, 5.41) is 4.57. The largest absolute Gasteiger partial charge is 0.399 e. The molecular weight excluding hydrogens is 308 g/mol. The van der Waals surface area contributed by atoms with E-state index in [9.17, 15) is 0 Å². The van der Waals surface area contributed by atoms with Crippen LogP contribution in [0.4, 0.5) is 5.69 Å². The molecule has 0 unspecified atom stereocenters. The molecular formula is C14H11ClN4OS. The molecule has 2 aromatic heterocycles. The van der Waals surface area contributed by atoms with Gasteiger partial charge in [-0.05, 0) is 30.3 Å². The van der Waals surface area contributed by atoms with Crippen LogP contribution in [0.25, 0.3) is 11.5 Å². The van der Waals surface area contributed by atoms with E-state index in [1.54, 1.807) is 18.3 Å². The van der Waals surface area contributed by atoms with Crippen LogP contribution in [0.3, 0.4) is 0 Å². The zero-order valence-corrected chi connectivity index (χ0v) is 12.4. The topological polar surface area (TPSA) is 77.8 Å². The number of anilines is 1. The summed E-state index contributed by atoms with van der Waals surface area (Å²) in [6, 6.07) is 10.9. The maximum atomic E-state index is 6.11. The highest BCUT2D eigenvalue weighted by atomic mass is 35.5. The predicted octanol–water partition coefficient (Wildman–Crippen LogP) is 3.66. The number of nitrogens with two attached hydrogens (primary N) is 1. The van der Waals surface area contributed by atoms with Crippen molar-refractivity contribution in [3.8, 4) is 11.5 Å². The van der Waals surface area contributed by atoms with Gasteiger partial charge >= 0.3 is 0 Å². The number of benzene rings is 1. The summed E-state index contributed by atoms with van der Waals surface area (Å²) in [7, 11) is 0. The second-order valence-electron chi connectivity index (χ2n) is 4.21. The molecule has 0 saturated heterocycles. The Hall–Kier alpha value is -2.05. The highest BCUT2D eigenvalue weighted by Crippen LogP contribution is 2.31. The maximum absolute atomic E-state index is 6.11. The fourth-order valence-corrected chi connectivity index (χ4v) is 2.79. The molecule has 3 rings (SSSR count). The van der Waals surface area contributed by atoms with Gasteiger partial charge in [0.05, 0.1) is 10.8 Å². The number of rotatable bonds is 4. The first kappa shape index (κ1) is 13.9. The smallest absolute Gasteiger partial charge is 0.237 e. The number of nitrogens with zero attached hydrogens (tertiary/aromatic N) is 3. The average Bonchev–Trinajstić information content (AvgIpc) is 2.98. The molecule has 0 aliphatic carbocycles. The molecule has 0 atom stereocenters. The Kier molecular flexibility index (Phi) is 4.08. The Labute approximate surface area is 130 Å². The van der Waals surface area contributed by atoms with Gasteiger partial charge in [0.1, 0.15) is 5.69 Å². The van der Waals surface area contributed by atoms with Crippen molar-refractivity contribution >= 4 is 29.1 Å². The molecule has 0 bridgehead atoms. The molecule has 0 aliphatic rings. The summed E-state index contributed by atoms with van der Waals surface area (Å²) in [6.45, 7) is 0. The van der Waals surface area contributed by atoms with Gasteiger partial charge in [0.2, 0.25) is 11.7 Å². The van der Waals surface area contributed by atoms with E-state index < -0.39 is 0 Å². The fraction of sp³-hybridized carbons (Fsp3) is 0.0714. The van der Waals surface area contributed by atoms with E-state index in [0.717, 1.165) is 4.90 Å². The van der Waals surface area contributed by atoms with Crippen LogP contribution < -0.4 is 5.73 Å². The van der Waals surface area contributed by atoms with E-state index >= 15 is 0 Å². The number of halogens is 1. The van der Waals surface area contributed by atoms with Crippen LogP contribution >= 0.6 is 23.4 Å². The van der Waals surface area contributed by atoms with Crippen molar-refractivity contribution < 1.29 is 4.52 Å². The second-order valence-corrected chi connectivity index (χ2v) is 5.63. The van der Waals surface area contributed by atoms with Crippen LogP contribution in [0.2, 0.25) is 5.02 Å². The Morgan fingerprint density at radius 1 is 1.24 bits per heavy atom. The summed E-state index contributed by atoms with van der Waals surface area (Å²) in [4.78, 5) is 9.37. The normalized spacial score (nSPS) is 10.7. The van der Waals surface area contributed by atoms with E-state index in [1.165, 1.54) is 11.8 Å². The van der Waals surface area contributed by atoms with Gasteiger partial charge in [0.15, 0.2) is 0 Å². The third-order valence-electron chi connectivity index (χ3n) is 2.67. The molecule has 2 heterocycles. The van der Waals surface area contributed by atoms with Crippen LogP contribution in [0, 0.1) is 0 Å². The number of hydrogen-bond donors (Lipinski definition) is 1. The average molecular weight is 319 g/mol. The molecule has 0 fully saturated rings. The highest BCUT2D eigenvalue weighted by Gasteiger charge is 2.10. The molecule has 1 aromatic carbocycles. The number of aromatic nitrogens is 3. The molecule has 0 amide bonds. The SMILES string of the molecule is Nc1ccc(Cl)c(SCc2nc(-c3ccccn3)no2)c1. The van der Waals surface area contributed by atoms with Crippen molar-refractivity contribution in [1.29, 1.82) is 0 Å². The summed E-state index contributed by atoms with van der Waals surface area (Å²) in [6.07, 6.45) is 1.69. The summed E-state index contributed by atoms with van der Waals surface area (Å²) in [5.41, 5.74) is 7.09. The lowest BCUT2D eigenvalue weighted by Crippen LogP contribution is -1.87. The zero-order valence-electron chi connectivity index (χ0n) is 10.9. The summed E-state index contributed by atoms with van der Waals surface area (Å²) < 4.78 is 5.21. The summed E-state index contributed by atoms with van der Waals surface area (Å²) >= 11 is 7.60. The van der Waals surface area contributed by atoms with Crippen LogP contribution in [-0.2, 0) is 5.75 Å². The van der Waals surface area contributed by atoms with E-state index in [0.29, 0.717) is 33.9 Å². The molecule has 5 nitrogen and oxygen atoms in total. The Morgan fingerprint density at radius 2 is 2.14 bits per heavy atom. The van der Waals surface area contributed by atoms with Gasteiger partial charge in [-0.2, -0.15) is 4.98 Å². The lowest BCUT2D eigenvalue weighted by molar-refractivity contribution is 0.391. The van der Waals surface area contributed by atoms with Gasteiger partial charge < -0.3 is 10.3 Å². The molecule has 7 heteroatoms. The molecule has 0 aliphatic heterocycles. The zero-order chi connectivity index (χ0) is 14.7. The first-order valence-corrected chi connectivity index (χ1v) is 7.50. The van der Waals surface area contributed by atoms with Crippen molar-refractivity contribution in [3.63, 3.8) is 0 Å². The lowest BCUT2D eigenvalue weighted by atomic mass is 10.3. The number of thioether (sulfide) groups is 1. The number of hydrogen-bond acceptors (Lipinski definition) is 6. The van der Waals surface area contributed by atoms with Crippen LogP contribution in [0.15, 0.2) is 52.0 Å². The van der Waals surface area contributed by atoms with E-state index in [2.05, 4.69) is 15.1 Å².